The van der Waals surface area contributed by atoms with Crippen molar-refractivity contribution in [2.75, 3.05) is 33.4 Å². The van der Waals surface area contributed by atoms with Gasteiger partial charge in [-0.15, -0.1) is 11.3 Å². The second-order valence-electron chi connectivity index (χ2n) is 9.18. The van der Waals surface area contributed by atoms with Crippen molar-refractivity contribution in [2.45, 2.75) is 25.3 Å². The number of thiophene rings is 1. The fourth-order valence-corrected chi connectivity index (χ4v) is 6.72. The molecule has 1 fully saturated rings. The number of nitrogens with one attached hydrogen (secondary N) is 1. The Morgan fingerprint density at radius 1 is 1.15 bits per heavy atom. The number of fused-ring (bicyclic) bond motifs is 6. The van der Waals surface area contributed by atoms with Crippen LogP contribution in [0.1, 0.15) is 24.3 Å². The normalized spacial score (nSPS) is 20.1. The number of hydrogen-bond donors (Lipinski definition) is 1. The Morgan fingerprint density at radius 3 is 2.91 bits per heavy atom. The summed E-state index contributed by atoms with van der Waals surface area (Å²) in [6.45, 7) is 3.90. The molecular formula is C26H27N3O4S. The molecule has 2 aromatic heterocycles. The van der Waals surface area contributed by atoms with Crippen LogP contribution < -0.4 is 20.7 Å². The van der Waals surface area contributed by atoms with Gasteiger partial charge in [-0.1, -0.05) is 24.3 Å². The molecule has 176 valence electrons. The molecule has 0 aliphatic carbocycles. The van der Waals surface area contributed by atoms with E-state index in [9.17, 15) is 9.59 Å². The Balaban J connectivity index is 1.15. The molecule has 4 heterocycles. The minimum Gasteiger partial charge on any atom is -0.496 e. The van der Waals surface area contributed by atoms with Crippen LogP contribution in [-0.2, 0) is 6.54 Å². The lowest BCUT2D eigenvalue weighted by Gasteiger charge is -2.42. The van der Waals surface area contributed by atoms with Gasteiger partial charge in [0, 0.05) is 34.7 Å². The largest absolute Gasteiger partial charge is 0.496 e. The lowest BCUT2D eigenvalue weighted by molar-refractivity contribution is 0.0899. The average molecular weight is 478 g/mol. The highest BCUT2D eigenvalue weighted by Crippen LogP contribution is 2.46. The Bertz CT molecular complexity index is 1470. The zero-order chi connectivity index (χ0) is 23.2. The summed E-state index contributed by atoms with van der Waals surface area (Å²) < 4.78 is 14.7. The van der Waals surface area contributed by atoms with Gasteiger partial charge in [0.2, 0.25) is 0 Å². The number of nitrogens with zero attached hydrogens (tertiary/aromatic N) is 2. The number of H-pyrrole nitrogens is 1. The maximum atomic E-state index is 13.1. The van der Waals surface area contributed by atoms with E-state index in [2.05, 4.69) is 9.88 Å². The fourth-order valence-electron chi connectivity index (χ4n) is 5.61. The first kappa shape index (κ1) is 21.4. The molecule has 2 aliphatic rings. The van der Waals surface area contributed by atoms with Crippen LogP contribution in [0.15, 0.2) is 52.1 Å². The predicted molar refractivity (Wildman–Crippen MR) is 135 cm³/mol. The van der Waals surface area contributed by atoms with Crippen LogP contribution in [0.4, 0.5) is 0 Å². The molecule has 0 unspecified atom stereocenters. The molecule has 2 atom stereocenters. The summed E-state index contributed by atoms with van der Waals surface area (Å²) in [4.78, 5) is 31.2. The van der Waals surface area contributed by atoms with E-state index in [0.29, 0.717) is 35.2 Å². The van der Waals surface area contributed by atoms with Crippen molar-refractivity contribution < 1.29 is 9.47 Å². The Kier molecular flexibility index (Phi) is 5.42. The Labute approximate surface area is 200 Å². The van der Waals surface area contributed by atoms with Crippen molar-refractivity contribution >= 4 is 31.6 Å². The van der Waals surface area contributed by atoms with E-state index in [1.54, 1.807) is 7.11 Å². The predicted octanol–water partition coefficient (Wildman–Crippen LogP) is 3.80. The van der Waals surface area contributed by atoms with Gasteiger partial charge < -0.3 is 19.4 Å². The van der Waals surface area contributed by atoms with Crippen LogP contribution in [0.5, 0.6) is 11.5 Å². The maximum Gasteiger partial charge on any atom is 0.328 e. The summed E-state index contributed by atoms with van der Waals surface area (Å²) in [6.07, 6.45) is 1.80. The summed E-state index contributed by atoms with van der Waals surface area (Å²) in [5.74, 6) is 2.72. The van der Waals surface area contributed by atoms with E-state index < -0.39 is 0 Å². The van der Waals surface area contributed by atoms with Crippen LogP contribution in [-0.4, -0.2) is 47.8 Å². The number of ether oxygens (including phenoxy) is 2. The number of benzene rings is 2. The van der Waals surface area contributed by atoms with Crippen molar-refractivity contribution in [3.8, 4) is 11.5 Å². The maximum absolute atomic E-state index is 13.1. The Hall–Kier alpha value is -3.10. The number of rotatable bonds is 5. The molecule has 1 saturated heterocycles. The monoisotopic (exact) mass is 477 g/mol. The quantitative estimate of drug-likeness (QED) is 0.473. The zero-order valence-electron chi connectivity index (χ0n) is 19.1. The molecule has 0 bridgehead atoms. The second-order valence-corrected chi connectivity index (χ2v) is 10.2. The summed E-state index contributed by atoms with van der Waals surface area (Å²) in [6, 6.07) is 13.8. The number of hydrogen-bond acceptors (Lipinski definition) is 6. The zero-order valence-corrected chi connectivity index (χ0v) is 19.9. The van der Waals surface area contributed by atoms with Crippen LogP contribution >= 0.6 is 11.3 Å². The van der Waals surface area contributed by atoms with Crippen molar-refractivity contribution in [2.24, 2.45) is 5.92 Å². The van der Waals surface area contributed by atoms with E-state index in [0.717, 1.165) is 54.1 Å². The third kappa shape index (κ3) is 3.52. The molecule has 8 heteroatoms. The second kappa shape index (κ2) is 8.60. The number of likely N-dealkylation sites (tertiary alicyclic amines) is 1. The minimum atomic E-state index is -0.329. The van der Waals surface area contributed by atoms with E-state index in [-0.39, 0.29) is 11.2 Å². The lowest BCUT2D eigenvalue weighted by Crippen LogP contribution is -2.44. The molecule has 6 rings (SSSR count). The average Bonchev–Trinajstić information content (AvgIpc) is 3.24. The van der Waals surface area contributed by atoms with Crippen molar-refractivity contribution in [3.63, 3.8) is 0 Å². The minimum absolute atomic E-state index is 0.192. The topological polar surface area (TPSA) is 76.6 Å². The van der Waals surface area contributed by atoms with Crippen LogP contribution in [0.3, 0.4) is 0 Å². The molecule has 34 heavy (non-hydrogen) atoms. The lowest BCUT2D eigenvalue weighted by atomic mass is 9.78. The van der Waals surface area contributed by atoms with Crippen molar-refractivity contribution in [1.82, 2.24) is 14.5 Å². The van der Waals surface area contributed by atoms with Crippen LogP contribution in [0.2, 0.25) is 0 Å². The summed E-state index contributed by atoms with van der Waals surface area (Å²) in [5, 5.41) is 0.930. The van der Waals surface area contributed by atoms with E-state index in [1.807, 2.05) is 42.5 Å². The van der Waals surface area contributed by atoms with Gasteiger partial charge in [0.05, 0.1) is 19.2 Å². The molecule has 0 spiro atoms. The summed E-state index contributed by atoms with van der Waals surface area (Å²) in [7, 11) is 1.72. The number of aromatic nitrogens is 2. The molecule has 0 saturated carbocycles. The summed E-state index contributed by atoms with van der Waals surface area (Å²) >= 11 is 1.44. The van der Waals surface area contributed by atoms with E-state index >= 15 is 0 Å². The van der Waals surface area contributed by atoms with Crippen LogP contribution in [0.25, 0.3) is 20.3 Å². The third-order valence-electron chi connectivity index (χ3n) is 7.26. The number of piperidine rings is 1. The van der Waals surface area contributed by atoms with E-state index in [1.165, 1.54) is 21.5 Å². The highest BCUT2D eigenvalue weighted by molar-refractivity contribution is 7.25. The van der Waals surface area contributed by atoms with Gasteiger partial charge in [0.25, 0.3) is 5.56 Å². The molecule has 0 amide bonds. The molecule has 1 N–H and O–H groups in total. The van der Waals surface area contributed by atoms with Gasteiger partial charge in [-0.2, -0.15) is 0 Å². The number of methoxy groups -OCH3 is 1. The summed E-state index contributed by atoms with van der Waals surface area (Å²) in [5.41, 5.74) is 1.34. The molecule has 4 aromatic rings. The first-order valence-corrected chi connectivity index (χ1v) is 12.6. The van der Waals surface area contributed by atoms with Crippen molar-refractivity contribution in [3.05, 3.63) is 68.9 Å². The molecular weight excluding hydrogens is 450 g/mol. The van der Waals surface area contributed by atoms with Gasteiger partial charge in [-0.3, -0.25) is 9.36 Å². The van der Waals surface area contributed by atoms with Gasteiger partial charge >= 0.3 is 5.69 Å². The molecule has 7 nitrogen and oxygen atoms in total. The first-order chi connectivity index (χ1) is 16.6. The smallest absolute Gasteiger partial charge is 0.328 e. The SMILES string of the molecule is COc1cccc2c1[C@H]1CCN(CCCn3c(=O)[nH]c4c(sc5ccccc54)c3=O)C[C@@H]1CO2. The highest BCUT2D eigenvalue weighted by Gasteiger charge is 2.37. The van der Waals surface area contributed by atoms with Gasteiger partial charge in [-0.25, -0.2) is 4.79 Å². The van der Waals surface area contributed by atoms with Gasteiger partial charge in [-0.05, 0) is 50.0 Å². The standard InChI is InChI=1S/C26H27N3O4S/c1-32-19-7-4-8-20-22(19)17-10-13-28(14-16(17)15-33-20)11-5-12-29-25(30)24-23(27-26(29)31)18-6-2-3-9-21(18)34-24/h2-4,6-9,16-17H,5,10-15H2,1H3,(H,27,31)/t16-,17+/m1/s1. The Morgan fingerprint density at radius 2 is 2.03 bits per heavy atom. The van der Waals surface area contributed by atoms with E-state index in [4.69, 9.17) is 9.47 Å². The van der Waals surface area contributed by atoms with Gasteiger partial charge in [0.1, 0.15) is 16.2 Å². The number of aromatic amines is 1. The fraction of sp³-hybridized carbons (Fsp3) is 0.385. The van der Waals surface area contributed by atoms with Crippen LogP contribution in [0, 0.1) is 5.92 Å². The molecule has 2 aliphatic heterocycles. The highest BCUT2D eigenvalue weighted by atomic mass is 32.1. The molecule has 2 aromatic carbocycles. The third-order valence-corrected chi connectivity index (χ3v) is 8.41. The molecule has 0 radical (unpaired) electrons. The first-order valence-electron chi connectivity index (χ1n) is 11.8. The van der Waals surface area contributed by atoms with Crippen molar-refractivity contribution in [1.29, 1.82) is 0 Å². The van der Waals surface area contributed by atoms with Gasteiger partial charge in [0.15, 0.2) is 0 Å².